The molecule has 0 saturated carbocycles. The Morgan fingerprint density at radius 1 is 1.02 bits per heavy atom. The van der Waals surface area contributed by atoms with E-state index in [1.165, 1.54) is 16.9 Å². The lowest BCUT2D eigenvalue weighted by atomic mass is 9.87. The number of ketones is 1. The fraction of sp³-hybridized carbons (Fsp3) is 0.294. The number of carbonyl (C=O) groups is 1. The molecule has 6 rings (SSSR count). The van der Waals surface area contributed by atoms with Gasteiger partial charge in [-0.1, -0.05) is 18.2 Å². The number of nitrogens with zero attached hydrogens (tertiary/aromatic N) is 3. The number of benzene rings is 3. The van der Waals surface area contributed by atoms with Gasteiger partial charge in [-0.05, 0) is 117 Å². The number of piperidine rings is 1. The Kier molecular flexibility index (Phi) is 7.41. The molecule has 0 radical (unpaired) electrons. The van der Waals surface area contributed by atoms with E-state index < -0.39 is 5.82 Å². The Hall–Kier alpha value is -4.30. The average Bonchev–Trinajstić information content (AvgIpc) is 3.57. The summed E-state index contributed by atoms with van der Waals surface area (Å²) in [6, 6.07) is 15.5. The number of aromatic nitrogens is 2. The molecule has 0 unspecified atom stereocenters. The lowest BCUT2D eigenvalue weighted by Gasteiger charge is -2.35. The molecule has 42 heavy (non-hydrogen) atoms. The van der Waals surface area contributed by atoms with E-state index in [4.69, 9.17) is 10.5 Å². The van der Waals surface area contributed by atoms with Crippen LogP contribution in [-0.4, -0.2) is 39.6 Å². The molecule has 8 heteroatoms. The van der Waals surface area contributed by atoms with Gasteiger partial charge in [-0.15, -0.1) is 0 Å². The number of ether oxygens (including phenoxy) is 1. The molecule has 1 fully saturated rings. The summed E-state index contributed by atoms with van der Waals surface area (Å²) in [4.78, 5) is 16.0. The molecule has 2 heterocycles. The number of Topliss-reactive ketones (excluding diaryl/α,β-unsaturated/α-hetero) is 1. The molecule has 6 nitrogen and oxygen atoms in total. The third-order valence-electron chi connectivity index (χ3n) is 8.47. The molecule has 1 aliphatic heterocycles. The number of halogens is 2. The number of likely N-dealkylation sites (tertiary alicyclic amines) is 1. The average molecular weight is 569 g/mol. The summed E-state index contributed by atoms with van der Waals surface area (Å²) in [5.41, 5.74) is 11.1. The normalized spacial score (nSPS) is 15.6. The van der Waals surface area contributed by atoms with Gasteiger partial charge < -0.3 is 15.4 Å². The Labute approximate surface area is 244 Å². The Morgan fingerprint density at radius 2 is 1.79 bits per heavy atom. The second-order valence-corrected chi connectivity index (χ2v) is 11.5. The summed E-state index contributed by atoms with van der Waals surface area (Å²) in [7, 11) is 0. The largest absolute Gasteiger partial charge is 0.454 e. The van der Waals surface area contributed by atoms with Gasteiger partial charge in [0.2, 0.25) is 0 Å². The van der Waals surface area contributed by atoms with Gasteiger partial charge in [0, 0.05) is 18.0 Å². The van der Waals surface area contributed by atoms with E-state index in [1.807, 2.05) is 19.1 Å². The number of nitrogens with two attached hydrogens (primary N) is 1. The zero-order valence-electron chi connectivity index (χ0n) is 24.0. The molecular formula is C34H34F2N4O2. The zero-order chi connectivity index (χ0) is 29.5. The maximum absolute atomic E-state index is 15.2. The van der Waals surface area contributed by atoms with Crippen LogP contribution in [0.25, 0.3) is 11.8 Å². The Bertz CT molecular complexity index is 1700. The van der Waals surface area contributed by atoms with Gasteiger partial charge in [0.25, 0.3) is 0 Å². The smallest absolute Gasteiger partial charge is 0.194 e. The highest BCUT2D eigenvalue weighted by Gasteiger charge is 2.28. The molecule has 1 aromatic heterocycles. The van der Waals surface area contributed by atoms with E-state index in [9.17, 15) is 9.18 Å². The molecular weight excluding hydrogens is 534 g/mol. The van der Waals surface area contributed by atoms with Crippen molar-refractivity contribution in [1.29, 1.82) is 0 Å². The minimum absolute atomic E-state index is 0.134. The second-order valence-electron chi connectivity index (χ2n) is 11.5. The predicted octanol–water partition coefficient (Wildman–Crippen LogP) is 7.24. The van der Waals surface area contributed by atoms with Crippen LogP contribution in [0.2, 0.25) is 0 Å². The van der Waals surface area contributed by atoms with Crippen LogP contribution in [-0.2, 0) is 6.42 Å². The van der Waals surface area contributed by atoms with Crippen molar-refractivity contribution in [3.05, 3.63) is 106 Å². The summed E-state index contributed by atoms with van der Waals surface area (Å²) in [6.45, 7) is 8.15. The maximum atomic E-state index is 15.2. The van der Waals surface area contributed by atoms with Crippen LogP contribution in [0.15, 0.2) is 66.4 Å². The van der Waals surface area contributed by atoms with Crippen LogP contribution in [0.3, 0.4) is 0 Å². The fourth-order valence-corrected chi connectivity index (χ4v) is 6.01. The number of rotatable bonds is 7. The first-order chi connectivity index (χ1) is 20.2. The molecule has 3 aromatic carbocycles. The first kappa shape index (κ1) is 27.8. The summed E-state index contributed by atoms with van der Waals surface area (Å²) in [5.74, 6) is 0.152. The second kappa shape index (κ2) is 11.2. The molecule has 2 N–H and O–H groups in total. The van der Waals surface area contributed by atoms with Gasteiger partial charge in [-0.3, -0.25) is 4.79 Å². The van der Waals surface area contributed by atoms with Crippen molar-refractivity contribution in [3.63, 3.8) is 0 Å². The summed E-state index contributed by atoms with van der Waals surface area (Å²) in [6.07, 6.45) is 5.52. The third-order valence-corrected chi connectivity index (χ3v) is 8.47. The van der Waals surface area contributed by atoms with Crippen molar-refractivity contribution >= 4 is 17.7 Å². The SMILES string of the molecule is Cc1cc(-n2ncc(C(=O)C3=Cc4cc(F)c(C5CCN(C(C)C)CC5)cc4C3)c2N)ccc1Oc1ccccc1F. The fourth-order valence-electron chi connectivity index (χ4n) is 6.01. The van der Waals surface area contributed by atoms with Gasteiger partial charge in [0.1, 0.15) is 17.4 Å². The first-order valence-corrected chi connectivity index (χ1v) is 14.4. The summed E-state index contributed by atoms with van der Waals surface area (Å²) in [5, 5.41) is 4.38. The maximum Gasteiger partial charge on any atom is 0.194 e. The standard InChI is InChI=1S/C34H34F2N4O2/c1-20(2)39-12-10-22(11-13-39)27-17-23-15-25(16-24(23)18-30(27)36)33(41)28-19-38-40(34(28)37)26-8-9-31(21(3)14-26)42-32-7-5-4-6-29(32)35/h4-9,14,16-20,22H,10-13,15,37H2,1-3H3. The van der Waals surface area contributed by atoms with Gasteiger partial charge in [-0.25, -0.2) is 13.5 Å². The highest BCUT2D eigenvalue weighted by atomic mass is 19.1. The number of hydrogen-bond acceptors (Lipinski definition) is 5. The zero-order valence-corrected chi connectivity index (χ0v) is 24.0. The lowest BCUT2D eigenvalue weighted by molar-refractivity contribution is 0.103. The molecule has 1 aliphatic carbocycles. The number of nitrogen functional groups attached to an aromatic ring is 1. The number of aryl methyl sites for hydroxylation is 1. The van der Waals surface area contributed by atoms with E-state index in [1.54, 1.807) is 42.5 Å². The van der Waals surface area contributed by atoms with Crippen LogP contribution in [0.1, 0.15) is 65.2 Å². The van der Waals surface area contributed by atoms with E-state index in [0.717, 1.165) is 48.2 Å². The van der Waals surface area contributed by atoms with Crippen molar-refractivity contribution in [1.82, 2.24) is 14.7 Å². The molecule has 0 bridgehead atoms. The Morgan fingerprint density at radius 3 is 2.50 bits per heavy atom. The van der Waals surface area contributed by atoms with Gasteiger partial charge in [0.15, 0.2) is 17.3 Å². The number of carbonyl (C=O) groups excluding carboxylic acids is 1. The molecule has 1 saturated heterocycles. The lowest BCUT2D eigenvalue weighted by Crippen LogP contribution is -2.38. The van der Waals surface area contributed by atoms with E-state index in [0.29, 0.717) is 35.0 Å². The van der Waals surface area contributed by atoms with Gasteiger partial charge >= 0.3 is 0 Å². The monoisotopic (exact) mass is 568 g/mol. The van der Waals surface area contributed by atoms with Crippen molar-refractivity contribution in [2.75, 3.05) is 18.8 Å². The third kappa shape index (κ3) is 5.23. The van der Waals surface area contributed by atoms with Crippen molar-refractivity contribution < 1.29 is 18.3 Å². The summed E-state index contributed by atoms with van der Waals surface area (Å²) < 4.78 is 36.5. The van der Waals surface area contributed by atoms with Crippen LogP contribution >= 0.6 is 0 Å². The first-order valence-electron chi connectivity index (χ1n) is 14.4. The highest BCUT2D eigenvalue weighted by Crippen LogP contribution is 2.37. The minimum atomic E-state index is -0.449. The highest BCUT2D eigenvalue weighted by molar-refractivity contribution is 6.15. The number of hydrogen-bond donors (Lipinski definition) is 1. The molecule has 0 amide bonds. The number of para-hydroxylation sites is 1. The predicted molar refractivity (Wildman–Crippen MR) is 160 cm³/mol. The topological polar surface area (TPSA) is 73.4 Å². The molecule has 2 aliphatic rings. The molecule has 0 atom stereocenters. The van der Waals surface area contributed by atoms with Crippen LogP contribution in [0.5, 0.6) is 11.5 Å². The number of allylic oxidation sites excluding steroid dienone is 1. The molecule has 216 valence electrons. The number of anilines is 1. The van der Waals surface area contributed by atoms with E-state index >= 15 is 4.39 Å². The minimum Gasteiger partial charge on any atom is -0.454 e. The number of fused-ring (bicyclic) bond motifs is 1. The Balaban J connectivity index is 1.18. The quantitative estimate of drug-likeness (QED) is 0.238. The molecule has 4 aromatic rings. The van der Waals surface area contributed by atoms with E-state index in [-0.39, 0.29) is 29.1 Å². The van der Waals surface area contributed by atoms with Crippen LogP contribution < -0.4 is 10.5 Å². The van der Waals surface area contributed by atoms with Crippen molar-refractivity contribution in [3.8, 4) is 17.2 Å². The van der Waals surface area contributed by atoms with Crippen LogP contribution in [0, 0.1) is 18.6 Å². The molecule has 0 spiro atoms. The van der Waals surface area contributed by atoms with Crippen molar-refractivity contribution in [2.24, 2.45) is 0 Å². The van der Waals surface area contributed by atoms with E-state index in [2.05, 4.69) is 23.8 Å². The summed E-state index contributed by atoms with van der Waals surface area (Å²) >= 11 is 0. The van der Waals surface area contributed by atoms with Crippen LogP contribution in [0.4, 0.5) is 14.6 Å². The van der Waals surface area contributed by atoms with Gasteiger partial charge in [-0.2, -0.15) is 5.10 Å². The van der Waals surface area contributed by atoms with Crippen molar-refractivity contribution in [2.45, 2.75) is 52.0 Å². The van der Waals surface area contributed by atoms with Gasteiger partial charge in [0.05, 0.1) is 17.4 Å².